The zero-order chi connectivity index (χ0) is 13.1. The number of Topliss-reactive ketones (excluding diaryl/α,β-unsaturated/α-hetero) is 1. The van der Waals surface area contributed by atoms with Crippen molar-refractivity contribution in [2.75, 3.05) is 7.11 Å². The summed E-state index contributed by atoms with van der Waals surface area (Å²) in [7, 11) is 1.67. The predicted octanol–water partition coefficient (Wildman–Crippen LogP) is 3.62. The summed E-state index contributed by atoms with van der Waals surface area (Å²) in [5.74, 6) is 1.19. The molecule has 18 heavy (non-hydrogen) atoms. The number of carbonyl (C=O) groups excluding carboxylic acids is 1. The molecule has 0 aliphatic heterocycles. The SMILES string of the molecule is COc1ccc2cc(C[C@@H](C)C(C)=O)ccc2c1. The number of carbonyl (C=O) groups is 1. The van der Waals surface area contributed by atoms with E-state index in [1.54, 1.807) is 14.0 Å². The highest BCUT2D eigenvalue weighted by Gasteiger charge is 2.08. The molecule has 0 unspecified atom stereocenters. The summed E-state index contributed by atoms with van der Waals surface area (Å²) in [6, 6.07) is 12.3. The predicted molar refractivity (Wildman–Crippen MR) is 74.0 cm³/mol. The molecule has 2 nitrogen and oxygen atoms in total. The summed E-state index contributed by atoms with van der Waals surface area (Å²) in [5, 5.41) is 2.35. The molecule has 0 N–H and O–H groups in total. The zero-order valence-electron chi connectivity index (χ0n) is 11.1. The first-order valence-electron chi connectivity index (χ1n) is 6.17. The van der Waals surface area contributed by atoms with E-state index in [1.807, 2.05) is 19.1 Å². The minimum Gasteiger partial charge on any atom is -0.497 e. The summed E-state index contributed by atoms with van der Waals surface area (Å²) < 4.78 is 5.20. The van der Waals surface area contributed by atoms with Gasteiger partial charge in [0.25, 0.3) is 0 Å². The molecule has 2 rings (SSSR count). The van der Waals surface area contributed by atoms with E-state index in [-0.39, 0.29) is 11.7 Å². The fourth-order valence-corrected chi connectivity index (χ4v) is 2.02. The maximum Gasteiger partial charge on any atom is 0.132 e. The number of fused-ring (bicyclic) bond motifs is 1. The van der Waals surface area contributed by atoms with Crippen molar-refractivity contribution in [2.24, 2.45) is 5.92 Å². The molecule has 0 aliphatic carbocycles. The summed E-state index contributed by atoms with van der Waals surface area (Å²) >= 11 is 0. The second-order valence-electron chi connectivity index (χ2n) is 4.76. The third-order valence-electron chi connectivity index (χ3n) is 3.35. The average molecular weight is 242 g/mol. The normalized spacial score (nSPS) is 12.4. The fraction of sp³-hybridized carbons (Fsp3) is 0.312. The molecule has 0 aliphatic rings. The van der Waals surface area contributed by atoms with Gasteiger partial charge in [-0.05, 0) is 41.8 Å². The van der Waals surface area contributed by atoms with Gasteiger partial charge in [-0.3, -0.25) is 4.79 Å². The smallest absolute Gasteiger partial charge is 0.132 e. The van der Waals surface area contributed by atoms with E-state index in [9.17, 15) is 4.79 Å². The molecule has 0 spiro atoms. The van der Waals surface area contributed by atoms with Crippen molar-refractivity contribution < 1.29 is 9.53 Å². The number of ether oxygens (including phenoxy) is 1. The van der Waals surface area contributed by atoms with E-state index in [0.29, 0.717) is 0 Å². The third-order valence-corrected chi connectivity index (χ3v) is 3.35. The number of hydrogen-bond donors (Lipinski definition) is 0. The lowest BCUT2D eigenvalue weighted by atomic mass is 9.96. The summed E-state index contributed by atoms with van der Waals surface area (Å²) in [6.45, 7) is 3.62. The Morgan fingerprint density at radius 3 is 2.50 bits per heavy atom. The van der Waals surface area contributed by atoms with Crippen LogP contribution in [0.4, 0.5) is 0 Å². The highest BCUT2D eigenvalue weighted by atomic mass is 16.5. The number of rotatable bonds is 4. The van der Waals surface area contributed by atoms with Crippen LogP contribution >= 0.6 is 0 Å². The molecular formula is C16H18O2. The maximum absolute atomic E-state index is 11.3. The van der Waals surface area contributed by atoms with Crippen molar-refractivity contribution in [3.63, 3.8) is 0 Å². The van der Waals surface area contributed by atoms with Crippen LogP contribution in [0, 0.1) is 5.92 Å². The summed E-state index contributed by atoms with van der Waals surface area (Å²) in [5.41, 5.74) is 1.20. The van der Waals surface area contributed by atoms with Gasteiger partial charge in [-0.25, -0.2) is 0 Å². The molecule has 0 aromatic heterocycles. The maximum atomic E-state index is 11.3. The van der Waals surface area contributed by atoms with Gasteiger partial charge in [0.05, 0.1) is 7.11 Å². The molecule has 0 saturated carbocycles. The number of hydrogen-bond acceptors (Lipinski definition) is 2. The van der Waals surface area contributed by atoms with Crippen LogP contribution in [0.3, 0.4) is 0 Å². The number of ketones is 1. The van der Waals surface area contributed by atoms with Gasteiger partial charge in [-0.1, -0.05) is 31.2 Å². The van der Waals surface area contributed by atoms with Gasteiger partial charge in [0.15, 0.2) is 0 Å². The lowest BCUT2D eigenvalue weighted by molar-refractivity contribution is -0.120. The fourth-order valence-electron chi connectivity index (χ4n) is 2.02. The topological polar surface area (TPSA) is 26.3 Å². The standard InChI is InChI=1S/C16H18O2/c1-11(12(2)17)8-13-4-5-15-10-16(18-3)7-6-14(15)9-13/h4-7,9-11H,8H2,1-3H3/t11-/m1/s1. The van der Waals surface area contributed by atoms with Crippen LogP contribution in [0.5, 0.6) is 5.75 Å². The van der Waals surface area contributed by atoms with E-state index in [2.05, 4.69) is 24.3 Å². The molecule has 2 aromatic carbocycles. The Hall–Kier alpha value is -1.83. The van der Waals surface area contributed by atoms with Crippen LogP contribution in [0.25, 0.3) is 10.8 Å². The Labute approximate surface area is 108 Å². The van der Waals surface area contributed by atoms with Gasteiger partial charge in [0.1, 0.15) is 11.5 Å². The van der Waals surface area contributed by atoms with Crippen LogP contribution in [-0.2, 0) is 11.2 Å². The van der Waals surface area contributed by atoms with Gasteiger partial charge in [0, 0.05) is 5.92 Å². The molecular weight excluding hydrogens is 224 g/mol. The molecule has 0 radical (unpaired) electrons. The first-order chi connectivity index (χ1) is 8.60. The summed E-state index contributed by atoms with van der Waals surface area (Å²) in [4.78, 5) is 11.3. The lowest BCUT2D eigenvalue weighted by Crippen LogP contribution is -2.09. The quantitative estimate of drug-likeness (QED) is 0.818. The average Bonchev–Trinajstić information content (AvgIpc) is 2.37. The van der Waals surface area contributed by atoms with E-state index < -0.39 is 0 Å². The van der Waals surface area contributed by atoms with Crippen LogP contribution in [0.2, 0.25) is 0 Å². The van der Waals surface area contributed by atoms with Crippen molar-refractivity contribution in [3.8, 4) is 5.75 Å². The summed E-state index contributed by atoms with van der Waals surface area (Å²) in [6.07, 6.45) is 0.803. The molecule has 0 bridgehead atoms. The van der Waals surface area contributed by atoms with Gasteiger partial charge >= 0.3 is 0 Å². The number of methoxy groups -OCH3 is 1. The molecule has 0 fully saturated rings. The van der Waals surface area contributed by atoms with Crippen LogP contribution in [-0.4, -0.2) is 12.9 Å². The van der Waals surface area contributed by atoms with E-state index >= 15 is 0 Å². The van der Waals surface area contributed by atoms with Crippen molar-refractivity contribution in [1.29, 1.82) is 0 Å². The molecule has 0 amide bonds. The van der Waals surface area contributed by atoms with Gasteiger partial charge in [-0.2, -0.15) is 0 Å². The minimum atomic E-state index is 0.0840. The van der Waals surface area contributed by atoms with Crippen molar-refractivity contribution >= 4 is 16.6 Å². The zero-order valence-corrected chi connectivity index (χ0v) is 11.1. The highest BCUT2D eigenvalue weighted by molar-refractivity contribution is 5.85. The Kier molecular flexibility index (Phi) is 3.66. The minimum absolute atomic E-state index is 0.0840. The Morgan fingerprint density at radius 2 is 1.83 bits per heavy atom. The van der Waals surface area contributed by atoms with Crippen molar-refractivity contribution in [3.05, 3.63) is 42.0 Å². The van der Waals surface area contributed by atoms with E-state index in [1.165, 1.54) is 10.9 Å². The molecule has 94 valence electrons. The van der Waals surface area contributed by atoms with Crippen LogP contribution in [0.1, 0.15) is 19.4 Å². The first kappa shape index (κ1) is 12.6. The Bertz CT molecular complexity index is 572. The lowest BCUT2D eigenvalue weighted by Gasteiger charge is -2.09. The Morgan fingerprint density at radius 1 is 1.17 bits per heavy atom. The molecule has 0 heterocycles. The Balaban J connectivity index is 2.30. The first-order valence-corrected chi connectivity index (χ1v) is 6.17. The largest absolute Gasteiger partial charge is 0.497 e. The molecule has 2 heteroatoms. The van der Waals surface area contributed by atoms with Gasteiger partial charge < -0.3 is 4.74 Å². The van der Waals surface area contributed by atoms with E-state index in [0.717, 1.165) is 17.6 Å². The number of benzene rings is 2. The third kappa shape index (κ3) is 2.70. The van der Waals surface area contributed by atoms with Crippen LogP contribution in [0.15, 0.2) is 36.4 Å². The van der Waals surface area contributed by atoms with Crippen LogP contribution < -0.4 is 4.74 Å². The molecule has 2 aromatic rings. The molecule has 0 saturated heterocycles. The monoisotopic (exact) mass is 242 g/mol. The van der Waals surface area contributed by atoms with Gasteiger partial charge in [0.2, 0.25) is 0 Å². The van der Waals surface area contributed by atoms with Gasteiger partial charge in [-0.15, -0.1) is 0 Å². The molecule has 1 atom stereocenters. The second kappa shape index (κ2) is 5.21. The van der Waals surface area contributed by atoms with E-state index in [4.69, 9.17) is 4.74 Å². The van der Waals surface area contributed by atoms with Crippen molar-refractivity contribution in [2.45, 2.75) is 20.3 Å². The van der Waals surface area contributed by atoms with Crippen molar-refractivity contribution in [1.82, 2.24) is 0 Å². The second-order valence-corrected chi connectivity index (χ2v) is 4.76. The highest BCUT2D eigenvalue weighted by Crippen LogP contribution is 2.23.